The van der Waals surface area contributed by atoms with Crippen molar-refractivity contribution in [2.24, 2.45) is 0 Å². The fraction of sp³-hybridized carbons (Fsp3) is 0.571. The molecule has 10 heavy (non-hydrogen) atoms. The van der Waals surface area contributed by atoms with E-state index in [1.165, 1.54) is 5.20 Å². The van der Waals surface area contributed by atoms with Crippen LogP contribution >= 0.6 is 0 Å². The molecule has 0 aliphatic heterocycles. The van der Waals surface area contributed by atoms with Gasteiger partial charge in [-0.2, -0.15) is 0 Å². The first-order chi connectivity index (χ1) is 4.70. The Morgan fingerprint density at radius 3 is 2.70 bits per heavy atom. The Morgan fingerprint density at radius 2 is 2.30 bits per heavy atom. The number of carbonyl (C=O) groups is 1. The van der Waals surface area contributed by atoms with E-state index in [4.69, 9.17) is 0 Å². The highest BCUT2D eigenvalue weighted by Gasteiger charge is 1.97. The zero-order chi connectivity index (χ0) is 7.98. The van der Waals surface area contributed by atoms with Gasteiger partial charge in [0.25, 0.3) is 0 Å². The molecule has 58 valence electrons. The lowest BCUT2D eigenvalue weighted by Gasteiger charge is -1.97. The van der Waals surface area contributed by atoms with Crippen molar-refractivity contribution >= 4 is 15.4 Å². The van der Waals surface area contributed by atoms with E-state index in [-0.39, 0.29) is 15.4 Å². The van der Waals surface area contributed by atoms with Gasteiger partial charge in [-0.3, -0.25) is 4.79 Å². The second-order valence-electron chi connectivity index (χ2n) is 2.31. The molecule has 0 saturated heterocycles. The molecule has 0 aromatic rings. The van der Waals surface area contributed by atoms with Crippen LogP contribution in [0.4, 0.5) is 0 Å². The molecular formula is C7H15NOSi. The van der Waals surface area contributed by atoms with Crippen molar-refractivity contribution in [2.75, 3.05) is 7.05 Å². The summed E-state index contributed by atoms with van der Waals surface area (Å²) in [5.74, 6) is 0.174. The fourth-order valence-corrected chi connectivity index (χ4v) is 1.74. The highest BCUT2D eigenvalue weighted by atomic mass is 28.2. The monoisotopic (exact) mass is 157 g/mol. The summed E-state index contributed by atoms with van der Waals surface area (Å²) in [7, 11) is 1.41. The molecule has 0 heterocycles. The first-order valence-electron chi connectivity index (χ1n) is 3.53. The zero-order valence-electron chi connectivity index (χ0n) is 6.90. The minimum absolute atomic E-state index is 0.174. The van der Waals surface area contributed by atoms with Gasteiger partial charge in [-0.25, -0.2) is 0 Å². The minimum atomic E-state index is -0.274. The molecule has 0 aliphatic rings. The van der Waals surface area contributed by atoms with E-state index < -0.39 is 0 Å². The Kier molecular flexibility index (Phi) is 4.93. The number of allylic oxidation sites excluding steroid dienone is 2. The first-order valence-corrected chi connectivity index (χ1v) is 5.23. The van der Waals surface area contributed by atoms with Gasteiger partial charge in [0.2, 0.25) is 5.91 Å². The fourth-order valence-electron chi connectivity index (χ4n) is 0.580. The minimum Gasteiger partial charge on any atom is -0.359 e. The van der Waals surface area contributed by atoms with Crippen molar-refractivity contribution in [2.45, 2.75) is 19.9 Å². The van der Waals surface area contributed by atoms with Gasteiger partial charge in [-0.05, 0) is 13.8 Å². The number of rotatable bonds is 3. The summed E-state index contributed by atoms with van der Waals surface area (Å²) < 4.78 is 0. The molecule has 0 rings (SSSR count). The Labute approximate surface area is 64.5 Å². The maximum absolute atomic E-state index is 10.7. The highest BCUT2D eigenvalue weighted by molar-refractivity contribution is 6.49. The van der Waals surface area contributed by atoms with Gasteiger partial charge in [0.1, 0.15) is 0 Å². The second kappa shape index (κ2) is 5.23. The van der Waals surface area contributed by atoms with Gasteiger partial charge < -0.3 is 5.32 Å². The Balaban J connectivity index is 3.45. The predicted octanol–water partition coefficient (Wildman–Crippen LogP) is 0.243. The van der Waals surface area contributed by atoms with Crippen LogP contribution in [0.2, 0.25) is 6.04 Å². The van der Waals surface area contributed by atoms with Gasteiger partial charge in [0, 0.05) is 13.1 Å². The molecular weight excluding hydrogens is 142 g/mol. The van der Waals surface area contributed by atoms with E-state index >= 15 is 0 Å². The highest BCUT2D eigenvalue weighted by Crippen LogP contribution is 1.91. The SMILES string of the molecule is CC=C(C)[SiH2]CC(=O)NC. The first kappa shape index (κ1) is 9.43. The van der Waals surface area contributed by atoms with Gasteiger partial charge in [0.05, 0.1) is 9.52 Å². The Bertz CT molecular complexity index is 143. The van der Waals surface area contributed by atoms with Crippen molar-refractivity contribution in [3.63, 3.8) is 0 Å². The van der Waals surface area contributed by atoms with Crippen LogP contribution in [-0.4, -0.2) is 22.5 Å². The molecule has 0 unspecified atom stereocenters. The molecule has 0 fully saturated rings. The van der Waals surface area contributed by atoms with E-state index in [1.807, 2.05) is 6.92 Å². The average molecular weight is 157 g/mol. The van der Waals surface area contributed by atoms with Crippen molar-refractivity contribution in [3.8, 4) is 0 Å². The summed E-state index contributed by atoms with van der Waals surface area (Å²) in [6, 6.07) is 0.743. The van der Waals surface area contributed by atoms with Gasteiger partial charge in [0.15, 0.2) is 0 Å². The third kappa shape index (κ3) is 4.32. The summed E-state index contributed by atoms with van der Waals surface area (Å²) in [6.07, 6.45) is 2.09. The van der Waals surface area contributed by atoms with Gasteiger partial charge >= 0.3 is 0 Å². The summed E-state index contributed by atoms with van der Waals surface area (Å²) in [4.78, 5) is 10.7. The third-order valence-electron chi connectivity index (χ3n) is 1.52. The lowest BCUT2D eigenvalue weighted by Crippen LogP contribution is -2.19. The van der Waals surface area contributed by atoms with Crippen molar-refractivity contribution < 1.29 is 4.79 Å². The molecule has 3 heteroatoms. The van der Waals surface area contributed by atoms with Crippen molar-refractivity contribution in [1.82, 2.24) is 5.32 Å². The van der Waals surface area contributed by atoms with E-state index in [0.29, 0.717) is 0 Å². The molecule has 1 N–H and O–H groups in total. The molecule has 0 saturated carbocycles. The molecule has 2 nitrogen and oxygen atoms in total. The summed E-state index contributed by atoms with van der Waals surface area (Å²) in [5, 5.41) is 4.02. The number of amides is 1. The van der Waals surface area contributed by atoms with Gasteiger partial charge in [-0.1, -0.05) is 11.3 Å². The molecule has 0 atom stereocenters. The van der Waals surface area contributed by atoms with Crippen LogP contribution in [0.25, 0.3) is 0 Å². The molecule has 1 amide bonds. The number of hydrogen-bond acceptors (Lipinski definition) is 1. The summed E-state index contributed by atoms with van der Waals surface area (Å²) >= 11 is 0. The quantitative estimate of drug-likeness (QED) is 0.584. The standard InChI is InChI=1S/C7H15NOSi/c1-4-6(2)10-5-7(9)8-3/h4H,5,10H2,1-3H3,(H,8,9). The number of nitrogens with one attached hydrogen (secondary N) is 1. The number of hydrogen-bond donors (Lipinski definition) is 1. The van der Waals surface area contributed by atoms with Crippen LogP contribution in [0.1, 0.15) is 13.8 Å². The Hall–Kier alpha value is -0.573. The van der Waals surface area contributed by atoms with Crippen LogP contribution in [0.15, 0.2) is 11.3 Å². The maximum atomic E-state index is 10.7. The largest absolute Gasteiger partial charge is 0.359 e. The molecule has 0 bridgehead atoms. The summed E-state index contributed by atoms with van der Waals surface area (Å²) in [5.41, 5.74) is 0. The lowest BCUT2D eigenvalue weighted by molar-refractivity contribution is -0.118. The van der Waals surface area contributed by atoms with Crippen molar-refractivity contribution in [1.29, 1.82) is 0 Å². The zero-order valence-corrected chi connectivity index (χ0v) is 8.31. The van der Waals surface area contributed by atoms with Crippen LogP contribution in [0.5, 0.6) is 0 Å². The van der Waals surface area contributed by atoms with Crippen LogP contribution in [0.3, 0.4) is 0 Å². The van der Waals surface area contributed by atoms with E-state index in [1.54, 1.807) is 7.05 Å². The topological polar surface area (TPSA) is 29.1 Å². The molecule has 0 aliphatic carbocycles. The van der Waals surface area contributed by atoms with E-state index in [9.17, 15) is 4.79 Å². The number of carbonyl (C=O) groups excluding carboxylic acids is 1. The predicted molar refractivity (Wildman–Crippen MR) is 46.8 cm³/mol. The second-order valence-corrected chi connectivity index (χ2v) is 4.42. The lowest BCUT2D eigenvalue weighted by atomic mass is 10.6. The van der Waals surface area contributed by atoms with Gasteiger partial charge in [-0.15, -0.1) is 0 Å². The molecule has 0 radical (unpaired) electrons. The normalized spacial score (nSPS) is 12.5. The summed E-state index contributed by atoms with van der Waals surface area (Å²) in [6.45, 7) is 4.11. The van der Waals surface area contributed by atoms with E-state index in [0.717, 1.165) is 6.04 Å². The molecule has 0 spiro atoms. The van der Waals surface area contributed by atoms with E-state index in [2.05, 4.69) is 18.3 Å². The smallest absolute Gasteiger partial charge is 0.216 e. The van der Waals surface area contributed by atoms with Crippen molar-refractivity contribution in [3.05, 3.63) is 11.3 Å². The maximum Gasteiger partial charge on any atom is 0.216 e. The van der Waals surface area contributed by atoms with Crippen LogP contribution in [0, 0.1) is 0 Å². The Morgan fingerprint density at radius 1 is 1.70 bits per heavy atom. The molecule has 0 aromatic carbocycles. The van der Waals surface area contributed by atoms with Crippen LogP contribution < -0.4 is 5.32 Å². The average Bonchev–Trinajstić information content (AvgIpc) is 1.99. The third-order valence-corrected chi connectivity index (χ3v) is 3.42. The van der Waals surface area contributed by atoms with Crippen LogP contribution in [-0.2, 0) is 4.79 Å². The molecule has 0 aromatic heterocycles.